The van der Waals surface area contributed by atoms with Crippen molar-refractivity contribution in [3.05, 3.63) is 0 Å². The summed E-state index contributed by atoms with van der Waals surface area (Å²) in [6.07, 6.45) is 0. The van der Waals surface area contributed by atoms with Gasteiger partial charge in [-0.05, 0) is 0 Å². The Hall–Kier alpha value is 0.394. The van der Waals surface area contributed by atoms with Gasteiger partial charge in [0.2, 0.25) is 0 Å². The van der Waals surface area contributed by atoms with E-state index < -0.39 is 40.5 Å². The third kappa shape index (κ3) is 15.2. The van der Waals surface area contributed by atoms with E-state index in [4.69, 9.17) is 33.4 Å². The van der Waals surface area contributed by atoms with E-state index in [1.165, 1.54) is 0 Å². The van der Waals surface area contributed by atoms with Gasteiger partial charge in [-0.25, -0.2) is 0 Å². The van der Waals surface area contributed by atoms with Crippen molar-refractivity contribution >= 4 is 0 Å². The first-order valence-electron chi connectivity index (χ1n) is 8.30. The fourth-order valence-corrected chi connectivity index (χ4v) is 3.25. The summed E-state index contributed by atoms with van der Waals surface area (Å²) in [6, 6.07) is 0. The normalized spacial score (nSPS) is 14.9. The van der Waals surface area contributed by atoms with Crippen LogP contribution in [0.15, 0.2) is 0 Å². The van der Waals surface area contributed by atoms with Gasteiger partial charge < -0.3 is 0 Å². The molecule has 0 aromatic heterocycles. The van der Waals surface area contributed by atoms with Crippen LogP contribution in [0.5, 0.6) is 0 Å². The molecule has 0 spiro atoms. The Bertz CT molecular complexity index is 309. The van der Waals surface area contributed by atoms with Gasteiger partial charge in [0.15, 0.2) is 0 Å². The van der Waals surface area contributed by atoms with Crippen LogP contribution >= 0.6 is 0 Å². The average molecular weight is 404 g/mol. The number of rotatable bonds is 8. The Kier molecular flexibility index (Phi) is 9.20. The molecule has 25 heavy (non-hydrogen) atoms. The van der Waals surface area contributed by atoms with Gasteiger partial charge in [0.25, 0.3) is 0 Å². The van der Waals surface area contributed by atoms with Crippen LogP contribution in [0.4, 0.5) is 0 Å². The zero-order valence-electron chi connectivity index (χ0n) is 17.8. The first kappa shape index (κ1) is 25.4. The second-order valence-corrected chi connectivity index (χ2v) is 12.2. The second kappa shape index (κ2) is 9.06. The van der Waals surface area contributed by atoms with Gasteiger partial charge in [0, 0.05) is 0 Å². The van der Waals surface area contributed by atoms with E-state index in [2.05, 4.69) is 0 Å². The number of hydrogen-bond acceptors (Lipinski definition) is 8. The summed E-state index contributed by atoms with van der Waals surface area (Å²) < 4.78 is 21.7. The average Bonchev–Trinajstić information content (AvgIpc) is 2.33. The molecule has 8 nitrogen and oxygen atoms in total. The standard InChI is InChI=1S/4C4H10O2.Ti/c4*1-4(2,3)6-5;/h4*5H,1-3H3;/q;;;;+4/p-4. The van der Waals surface area contributed by atoms with E-state index in [9.17, 15) is 0 Å². The molecular formula is C16H36O8Ti. The Morgan fingerprint density at radius 3 is 0.640 bits per heavy atom. The summed E-state index contributed by atoms with van der Waals surface area (Å²) in [4.78, 5) is 21.4. The summed E-state index contributed by atoms with van der Waals surface area (Å²) in [5.41, 5.74) is -2.56. The fraction of sp³-hybridized carbons (Fsp3) is 1.00. The molecule has 0 aliphatic rings. The Morgan fingerprint density at radius 2 is 0.520 bits per heavy atom. The summed E-state index contributed by atoms with van der Waals surface area (Å²) in [6.45, 7) is 21.7. The van der Waals surface area contributed by atoms with E-state index >= 15 is 0 Å². The molecule has 0 unspecified atom stereocenters. The van der Waals surface area contributed by atoms with E-state index in [-0.39, 0.29) is 0 Å². The molecule has 0 fully saturated rings. The van der Waals surface area contributed by atoms with Crippen LogP contribution in [-0.4, -0.2) is 22.4 Å². The topological polar surface area (TPSA) is 73.8 Å². The Morgan fingerprint density at radius 1 is 0.360 bits per heavy atom. The zero-order valence-corrected chi connectivity index (χ0v) is 19.3. The van der Waals surface area contributed by atoms with Crippen molar-refractivity contribution in [3.63, 3.8) is 0 Å². The Labute approximate surface area is 157 Å². The molecule has 0 aliphatic carbocycles. The van der Waals surface area contributed by atoms with Crippen molar-refractivity contribution in [1.29, 1.82) is 0 Å². The SMILES string of the molecule is CC(C)(C)O[O][Ti]([O]OC(C)(C)C)([O]OC(C)(C)C)[O]OC(C)(C)C. The Balaban J connectivity index is 5.41. The van der Waals surface area contributed by atoms with Gasteiger partial charge in [-0.15, -0.1) is 0 Å². The maximum atomic E-state index is 5.43. The fourth-order valence-electron chi connectivity index (χ4n) is 0.787. The molecule has 0 aromatic carbocycles. The molecule has 0 rings (SSSR count). The molecule has 0 saturated heterocycles. The van der Waals surface area contributed by atoms with E-state index in [0.717, 1.165) is 0 Å². The van der Waals surface area contributed by atoms with Crippen molar-refractivity contribution in [2.75, 3.05) is 0 Å². The summed E-state index contributed by atoms with van der Waals surface area (Å²) in [7, 11) is 0. The molecule has 0 heterocycles. The molecule has 0 aromatic rings. The summed E-state index contributed by atoms with van der Waals surface area (Å²) in [5, 5.41) is 0. The quantitative estimate of drug-likeness (QED) is 0.325. The van der Waals surface area contributed by atoms with Crippen molar-refractivity contribution in [2.24, 2.45) is 0 Å². The van der Waals surface area contributed by atoms with Crippen LogP contribution in [0.3, 0.4) is 0 Å². The van der Waals surface area contributed by atoms with Gasteiger partial charge in [0.05, 0.1) is 0 Å². The van der Waals surface area contributed by atoms with Crippen molar-refractivity contribution in [1.82, 2.24) is 0 Å². The van der Waals surface area contributed by atoms with Crippen LogP contribution < -0.4 is 0 Å². The van der Waals surface area contributed by atoms with Crippen LogP contribution in [0, 0.1) is 0 Å². The molecule has 152 valence electrons. The van der Waals surface area contributed by atoms with Gasteiger partial charge in [0.1, 0.15) is 0 Å². The van der Waals surface area contributed by atoms with Gasteiger partial charge in [-0.3, -0.25) is 0 Å². The second-order valence-electron chi connectivity index (χ2n) is 9.62. The molecule has 0 saturated carbocycles. The van der Waals surface area contributed by atoms with Crippen molar-refractivity contribution in [2.45, 2.75) is 105 Å². The first-order valence-corrected chi connectivity index (χ1v) is 10.8. The van der Waals surface area contributed by atoms with Gasteiger partial charge >= 0.3 is 157 Å². The minimum atomic E-state index is -4.74. The molecule has 9 heteroatoms. The van der Waals surface area contributed by atoms with E-state index in [1.54, 1.807) is 83.1 Å². The van der Waals surface area contributed by atoms with Crippen LogP contribution in [-0.2, 0) is 51.6 Å². The van der Waals surface area contributed by atoms with Crippen LogP contribution in [0.2, 0.25) is 0 Å². The first-order chi connectivity index (χ1) is 10.8. The van der Waals surface area contributed by atoms with Gasteiger partial charge in [-0.1, -0.05) is 0 Å². The van der Waals surface area contributed by atoms with Gasteiger partial charge in [-0.2, -0.15) is 0 Å². The maximum absolute atomic E-state index is 5.43. The molecule has 0 bridgehead atoms. The molecule has 0 atom stereocenters. The minimum absolute atomic E-state index is 0.641. The van der Waals surface area contributed by atoms with Crippen molar-refractivity contribution in [3.8, 4) is 0 Å². The van der Waals surface area contributed by atoms with E-state index in [0.29, 0.717) is 0 Å². The zero-order chi connectivity index (χ0) is 20.2. The van der Waals surface area contributed by atoms with Crippen LogP contribution in [0.25, 0.3) is 0 Å². The molecule has 0 amide bonds. The van der Waals surface area contributed by atoms with Crippen molar-refractivity contribution < 1.29 is 51.6 Å². The summed E-state index contributed by atoms with van der Waals surface area (Å²) in [5.74, 6) is 0. The third-order valence-electron chi connectivity index (χ3n) is 1.57. The molecular weight excluding hydrogens is 368 g/mol. The van der Waals surface area contributed by atoms with Crippen LogP contribution in [0.1, 0.15) is 83.1 Å². The molecule has 0 radical (unpaired) electrons. The third-order valence-corrected chi connectivity index (χ3v) is 3.37. The predicted molar refractivity (Wildman–Crippen MR) is 87.7 cm³/mol. The monoisotopic (exact) mass is 404 g/mol. The van der Waals surface area contributed by atoms with E-state index in [1.807, 2.05) is 0 Å². The summed E-state index contributed by atoms with van der Waals surface area (Å²) >= 11 is -4.74. The predicted octanol–water partition coefficient (Wildman–Crippen LogP) is 4.79. The number of hydrogen-bond donors (Lipinski definition) is 0. The molecule has 0 aliphatic heterocycles. The molecule has 0 N–H and O–H groups in total.